The molecule has 0 aliphatic heterocycles. The summed E-state index contributed by atoms with van der Waals surface area (Å²) in [6.07, 6.45) is 3.22. The van der Waals surface area contributed by atoms with Crippen LogP contribution in [0.25, 0.3) is 5.57 Å². The summed E-state index contributed by atoms with van der Waals surface area (Å²) in [6.45, 7) is 6.01. The zero-order chi connectivity index (χ0) is 11.3. The molecule has 1 aromatic carbocycles. The van der Waals surface area contributed by atoms with Crippen LogP contribution in [0.3, 0.4) is 0 Å². The number of para-hydroxylation sites is 1. The summed E-state index contributed by atoms with van der Waals surface area (Å²) in [5.41, 5.74) is 3.33. The SMILES string of the molecule is CC/C=C(\C)c1ccccc1N=C(C)Cl. The van der Waals surface area contributed by atoms with Crippen molar-refractivity contribution in [2.24, 2.45) is 4.99 Å². The van der Waals surface area contributed by atoms with Crippen molar-refractivity contribution in [3.8, 4) is 0 Å². The van der Waals surface area contributed by atoms with Crippen molar-refractivity contribution < 1.29 is 0 Å². The van der Waals surface area contributed by atoms with Gasteiger partial charge in [-0.15, -0.1) is 0 Å². The number of benzene rings is 1. The Bertz CT molecular complexity index is 387. The number of hydrogen-bond donors (Lipinski definition) is 0. The monoisotopic (exact) mass is 221 g/mol. The first-order valence-electron chi connectivity index (χ1n) is 5.12. The largest absolute Gasteiger partial charge is 0.241 e. The van der Waals surface area contributed by atoms with Gasteiger partial charge in [0.25, 0.3) is 0 Å². The van der Waals surface area contributed by atoms with E-state index in [2.05, 4.69) is 31.0 Å². The molecule has 1 nitrogen and oxygen atoms in total. The van der Waals surface area contributed by atoms with Gasteiger partial charge in [0.1, 0.15) is 5.17 Å². The predicted molar refractivity (Wildman–Crippen MR) is 69.0 cm³/mol. The van der Waals surface area contributed by atoms with Crippen molar-refractivity contribution in [1.29, 1.82) is 0 Å². The minimum absolute atomic E-state index is 0.562. The molecule has 0 radical (unpaired) electrons. The van der Waals surface area contributed by atoms with E-state index in [0.717, 1.165) is 17.7 Å². The lowest BCUT2D eigenvalue weighted by Gasteiger charge is -2.05. The molecule has 0 aliphatic carbocycles. The molecule has 0 saturated heterocycles. The molecule has 2 heteroatoms. The smallest absolute Gasteiger partial charge is 0.103 e. The molecule has 0 heterocycles. The zero-order valence-electron chi connectivity index (χ0n) is 9.42. The van der Waals surface area contributed by atoms with Gasteiger partial charge in [-0.2, -0.15) is 0 Å². The lowest BCUT2D eigenvalue weighted by atomic mass is 10.0. The molecule has 0 N–H and O–H groups in total. The molecule has 0 aliphatic rings. The van der Waals surface area contributed by atoms with E-state index in [9.17, 15) is 0 Å². The maximum atomic E-state index is 5.80. The Morgan fingerprint density at radius 3 is 2.60 bits per heavy atom. The lowest BCUT2D eigenvalue weighted by molar-refractivity contribution is 1.22. The lowest BCUT2D eigenvalue weighted by Crippen LogP contribution is -1.83. The van der Waals surface area contributed by atoms with Crippen LogP contribution >= 0.6 is 11.6 Å². The van der Waals surface area contributed by atoms with E-state index < -0.39 is 0 Å². The van der Waals surface area contributed by atoms with E-state index >= 15 is 0 Å². The molecule has 80 valence electrons. The minimum Gasteiger partial charge on any atom is -0.241 e. The minimum atomic E-state index is 0.562. The number of allylic oxidation sites excluding steroid dienone is 2. The maximum absolute atomic E-state index is 5.80. The Morgan fingerprint density at radius 2 is 2.00 bits per heavy atom. The van der Waals surface area contributed by atoms with Crippen LogP contribution in [0.15, 0.2) is 35.3 Å². The van der Waals surface area contributed by atoms with Crippen LogP contribution in [-0.2, 0) is 0 Å². The van der Waals surface area contributed by atoms with E-state index in [1.54, 1.807) is 6.92 Å². The summed E-state index contributed by atoms with van der Waals surface area (Å²) in [5.74, 6) is 0. The van der Waals surface area contributed by atoms with E-state index in [0.29, 0.717) is 5.17 Å². The molecule has 0 saturated carbocycles. The van der Waals surface area contributed by atoms with Gasteiger partial charge in [-0.1, -0.05) is 42.8 Å². The zero-order valence-corrected chi connectivity index (χ0v) is 10.2. The first-order valence-corrected chi connectivity index (χ1v) is 5.50. The first-order chi connectivity index (χ1) is 7.15. The van der Waals surface area contributed by atoms with Crippen LogP contribution in [0.1, 0.15) is 32.8 Å². The highest BCUT2D eigenvalue weighted by atomic mass is 35.5. The van der Waals surface area contributed by atoms with E-state index in [1.165, 1.54) is 5.57 Å². The van der Waals surface area contributed by atoms with E-state index in [-0.39, 0.29) is 0 Å². The number of hydrogen-bond acceptors (Lipinski definition) is 1. The van der Waals surface area contributed by atoms with Gasteiger partial charge < -0.3 is 0 Å². The van der Waals surface area contributed by atoms with Gasteiger partial charge in [0.2, 0.25) is 0 Å². The predicted octanol–water partition coefficient (Wildman–Crippen LogP) is 4.79. The fraction of sp³-hybridized carbons (Fsp3) is 0.308. The second kappa shape index (κ2) is 5.72. The molecule has 0 aromatic heterocycles. The van der Waals surface area contributed by atoms with Gasteiger partial charge in [0, 0.05) is 5.56 Å². The average Bonchev–Trinajstić information content (AvgIpc) is 2.18. The molecule has 0 spiro atoms. The van der Waals surface area contributed by atoms with Crippen molar-refractivity contribution in [3.63, 3.8) is 0 Å². The molecule has 0 fully saturated rings. The van der Waals surface area contributed by atoms with Gasteiger partial charge >= 0.3 is 0 Å². The topological polar surface area (TPSA) is 12.4 Å². The van der Waals surface area contributed by atoms with Gasteiger partial charge in [-0.3, -0.25) is 0 Å². The summed E-state index contributed by atoms with van der Waals surface area (Å²) in [6, 6.07) is 8.04. The Kier molecular flexibility index (Phi) is 4.57. The normalized spacial score (nSPS) is 13.1. The summed E-state index contributed by atoms with van der Waals surface area (Å²) in [7, 11) is 0. The number of aliphatic imine (C=N–C) groups is 1. The molecule has 0 bridgehead atoms. The first kappa shape index (κ1) is 12.0. The number of rotatable bonds is 3. The van der Waals surface area contributed by atoms with Gasteiger partial charge in [0.15, 0.2) is 0 Å². The third kappa shape index (κ3) is 3.52. The molecular formula is C13H16ClN. The number of nitrogens with zero attached hydrogens (tertiary/aromatic N) is 1. The maximum Gasteiger partial charge on any atom is 0.103 e. The fourth-order valence-corrected chi connectivity index (χ4v) is 1.58. The second-order valence-corrected chi connectivity index (χ2v) is 3.97. The van der Waals surface area contributed by atoms with Crippen LogP contribution in [0.5, 0.6) is 0 Å². The van der Waals surface area contributed by atoms with Crippen molar-refractivity contribution in [1.82, 2.24) is 0 Å². The standard InChI is InChI=1S/C13H16ClN/c1-4-7-10(2)12-8-5-6-9-13(12)15-11(3)14/h5-9H,4H2,1-3H3/b10-7+,15-11?. The summed E-state index contributed by atoms with van der Waals surface area (Å²) >= 11 is 5.80. The van der Waals surface area contributed by atoms with Crippen LogP contribution in [0.4, 0.5) is 5.69 Å². The van der Waals surface area contributed by atoms with E-state index in [4.69, 9.17) is 11.6 Å². The number of halogens is 1. The van der Waals surface area contributed by atoms with Crippen LogP contribution < -0.4 is 0 Å². The Balaban J connectivity index is 3.18. The highest BCUT2D eigenvalue weighted by molar-refractivity contribution is 6.65. The van der Waals surface area contributed by atoms with Gasteiger partial charge in [0.05, 0.1) is 5.69 Å². The molecule has 15 heavy (non-hydrogen) atoms. The quantitative estimate of drug-likeness (QED) is 0.651. The summed E-state index contributed by atoms with van der Waals surface area (Å²) < 4.78 is 0. The van der Waals surface area contributed by atoms with Crippen molar-refractivity contribution >= 4 is 28.0 Å². The molecule has 0 atom stereocenters. The third-order valence-electron chi connectivity index (χ3n) is 2.11. The van der Waals surface area contributed by atoms with Crippen LogP contribution in [0.2, 0.25) is 0 Å². The van der Waals surface area contributed by atoms with Crippen molar-refractivity contribution in [2.45, 2.75) is 27.2 Å². The Labute approximate surface area is 96.5 Å². The van der Waals surface area contributed by atoms with Gasteiger partial charge in [-0.05, 0) is 31.9 Å². The Morgan fingerprint density at radius 1 is 1.33 bits per heavy atom. The summed E-state index contributed by atoms with van der Waals surface area (Å²) in [4.78, 5) is 4.30. The highest BCUT2D eigenvalue weighted by Crippen LogP contribution is 2.26. The molecule has 1 aromatic rings. The van der Waals surface area contributed by atoms with Crippen LogP contribution in [-0.4, -0.2) is 5.17 Å². The van der Waals surface area contributed by atoms with E-state index in [1.807, 2.05) is 18.2 Å². The second-order valence-electron chi connectivity index (χ2n) is 3.42. The molecule has 1 rings (SSSR count). The Hall–Kier alpha value is -1.08. The fourth-order valence-electron chi connectivity index (χ4n) is 1.49. The van der Waals surface area contributed by atoms with Gasteiger partial charge in [-0.25, -0.2) is 4.99 Å². The third-order valence-corrected chi connectivity index (χ3v) is 2.20. The average molecular weight is 222 g/mol. The molecule has 0 unspecified atom stereocenters. The highest BCUT2D eigenvalue weighted by Gasteiger charge is 2.01. The van der Waals surface area contributed by atoms with Crippen molar-refractivity contribution in [3.05, 3.63) is 35.9 Å². The van der Waals surface area contributed by atoms with Crippen molar-refractivity contribution in [2.75, 3.05) is 0 Å². The summed E-state index contributed by atoms with van der Waals surface area (Å²) in [5, 5.41) is 0.562. The molecular weight excluding hydrogens is 206 g/mol. The van der Waals surface area contributed by atoms with Crippen LogP contribution in [0, 0.1) is 0 Å². The molecule has 0 amide bonds.